The van der Waals surface area contributed by atoms with Crippen molar-refractivity contribution in [2.24, 2.45) is 5.92 Å². The third-order valence-corrected chi connectivity index (χ3v) is 3.65. The minimum Gasteiger partial charge on any atom is -0.493 e. The van der Waals surface area contributed by atoms with Gasteiger partial charge >= 0.3 is 0 Å². The molecule has 0 spiro atoms. The average Bonchev–Trinajstić information content (AvgIpc) is 2.48. The zero-order valence-electron chi connectivity index (χ0n) is 13.9. The number of nitrogens with one attached hydrogen (secondary N) is 1. The van der Waals surface area contributed by atoms with Crippen LogP contribution in [0, 0.1) is 12.8 Å². The first kappa shape index (κ1) is 16.6. The summed E-state index contributed by atoms with van der Waals surface area (Å²) in [6, 6.07) is 16.9. The molecule has 2 nitrogen and oxygen atoms in total. The maximum absolute atomic E-state index is 5.93. The average molecular weight is 297 g/mol. The Morgan fingerprint density at radius 3 is 2.59 bits per heavy atom. The summed E-state index contributed by atoms with van der Waals surface area (Å²) >= 11 is 0. The van der Waals surface area contributed by atoms with Crippen LogP contribution in [0.2, 0.25) is 0 Å². The predicted molar refractivity (Wildman–Crippen MR) is 93.1 cm³/mol. The number of benzene rings is 2. The van der Waals surface area contributed by atoms with Crippen molar-refractivity contribution >= 4 is 0 Å². The van der Waals surface area contributed by atoms with Gasteiger partial charge in [-0.25, -0.2) is 0 Å². The zero-order valence-corrected chi connectivity index (χ0v) is 13.9. The summed E-state index contributed by atoms with van der Waals surface area (Å²) in [5.41, 5.74) is 3.84. The third kappa shape index (κ3) is 5.53. The molecule has 2 rings (SSSR count). The van der Waals surface area contributed by atoms with E-state index in [2.05, 4.69) is 68.6 Å². The van der Waals surface area contributed by atoms with Gasteiger partial charge in [0, 0.05) is 18.7 Å². The summed E-state index contributed by atoms with van der Waals surface area (Å²) in [6.45, 7) is 9.05. The Hall–Kier alpha value is -1.80. The lowest BCUT2D eigenvalue weighted by Gasteiger charge is -2.13. The van der Waals surface area contributed by atoms with Crippen LogP contribution in [0.1, 0.15) is 37.0 Å². The summed E-state index contributed by atoms with van der Waals surface area (Å²) in [4.78, 5) is 0. The number of para-hydroxylation sites is 1. The molecule has 0 unspecified atom stereocenters. The van der Waals surface area contributed by atoms with Crippen molar-refractivity contribution in [2.45, 2.75) is 40.3 Å². The molecule has 0 atom stereocenters. The quantitative estimate of drug-likeness (QED) is 0.762. The van der Waals surface area contributed by atoms with Gasteiger partial charge in [0.2, 0.25) is 0 Å². The van der Waals surface area contributed by atoms with Crippen LogP contribution in [0.3, 0.4) is 0 Å². The van der Waals surface area contributed by atoms with Gasteiger partial charge in [-0.2, -0.15) is 0 Å². The molecular formula is C20H27NO. The van der Waals surface area contributed by atoms with Crippen LogP contribution in [0.25, 0.3) is 0 Å². The highest BCUT2D eigenvalue weighted by Gasteiger charge is 2.03. The van der Waals surface area contributed by atoms with Crippen molar-refractivity contribution in [1.29, 1.82) is 0 Å². The number of ether oxygens (including phenoxy) is 1. The van der Waals surface area contributed by atoms with Crippen molar-refractivity contribution < 1.29 is 4.74 Å². The highest BCUT2D eigenvalue weighted by molar-refractivity contribution is 5.33. The highest BCUT2D eigenvalue weighted by Crippen LogP contribution is 2.18. The second kappa shape index (κ2) is 8.60. The number of rotatable bonds is 8. The molecule has 118 valence electrons. The fraction of sp³-hybridized carbons (Fsp3) is 0.400. The fourth-order valence-corrected chi connectivity index (χ4v) is 2.36. The lowest BCUT2D eigenvalue weighted by Crippen LogP contribution is -2.14. The van der Waals surface area contributed by atoms with E-state index in [1.807, 2.05) is 6.07 Å². The van der Waals surface area contributed by atoms with Crippen LogP contribution in [0.4, 0.5) is 0 Å². The summed E-state index contributed by atoms with van der Waals surface area (Å²) in [7, 11) is 0. The molecule has 0 radical (unpaired) electrons. The summed E-state index contributed by atoms with van der Waals surface area (Å²) in [6.07, 6.45) is 1.09. The van der Waals surface area contributed by atoms with E-state index >= 15 is 0 Å². The van der Waals surface area contributed by atoms with Crippen LogP contribution >= 0.6 is 0 Å². The summed E-state index contributed by atoms with van der Waals surface area (Å²) < 4.78 is 5.93. The first-order chi connectivity index (χ1) is 10.6. The number of aryl methyl sites for hydroxylation is 1. The minimum atomic E-state index is 0.673. The van der Waals surface area contributed by atoms with Crippen LogP contribution in [0.15, 0.2) is 48.5 Å². The Bertz CT molecular complexity index is 577. The normalized spacial score (nSPS) is 10.9. The Balaban J connectivity index is 1.86. The molecule has 0 aromatic heterocycles. The zero-order chi connectivity index (χ0) is 15.8. The number of hydrogen-bond donors (Lipinski definition) is 1. The Kier molecular flexibility index (Phi) is 6.47. The molecule has 0 saturated carbocycles. The van der Waals surface area contributed by atoms with Crippen molar-refractivity contribution in [3.05, 3.63) is 65.2 Å². The molecule has 0 aliphatic carbocycles. The van der Waals surface area contributed by atoms with E-state index in [-0.39, 0.29) is 0 Å². The fourth-order valence-electron chi connectivity index (χ4n) is 2.36. The Labute approximate surface area is 134 Å². The Morgan fingerprint density at radius 2 is 1.82 bits per heavy atom. The van der Waals surface area contributed by atoms with Crippen molar-refractivity contribution in [2.75, 3.05) is 6.61 Å². The van der Waals surface area contributed by atoms with Gasteiger partial charge < -0.3 is 10.1 Å². The first-order valence-electron chi connectivity index (χ1n) is 8.12. The van der Waals surface area contributed by atoms with Crippen LogP contribution in [0.5, 0.6) is 5.75 Å². The lowest BCUT2D eigenvalue weighted by atomic mass is 10.1. The van der Waals surface area contributed by atoms with Crippen molar-refractivity contribution in [3.8, 4) is 5.75 Å². The molecule has 0 heterocycles. The first-order valence-corrected chi connectivity index (χ1v) is 8.12. The van der Waals surface area contributed by atoms with E-state index in [1.54, 1.807) is 0 Å². The van der Waals surface area contributed by atoms with Crippen LogP contribution < -0.4 is 10.1 Å². The summed E-state index contributed by atoms with van der Waals surface area (Å²) in [5, 5.41) is 3.50. The molecule has 0 amide bonds. The van der Waals surface area contributed by atoms with Crippen molar-refractivity contribution in [1.82, 2.24) is 5.32 Å². The maximum atomic E-state index is 5.93. The molecule has 0 saturated heterocycles. The molecule has 0 aliphatic rings. The third-order valence-electron chi connectivity index (χ3n) is 3.65. The van der Waals surface area contributed by atoms with Gasteiger partial charge in [0.1, 0.15) is 5.75 Å². The van der Waals surface area contributed by atoms with Gasteiger partial charge in [-0.05, 0) is 30.9 Å². The second-order valence-electron chi connectivity index (χ2n) is 6.23. The van der Waals surface area contributed by atoms with Gasteiger partial charge in [-0.15, -0.1) is 0 Å². The maximum Gasteiger partial charge on any atom is 0.123 e. The largest absolute Gasteiger partial charge is 0.493 e. The second-order valence-corrected chi connectivity index (χ2v) is 6.23. The van der Waals surface area contributed by atoms with Gasteiger partial charge in [0.25, 0.3) is 0 Å². The monoisotopic (exact) mass is 297 g/mol. The van der Waals surface area contributed by atoms with Crippen LogP contribution in [-0.2, 0) is 13.1 Å². The van der Waals surface area contributed by atoms with Crippen LogP contribution in [-0.4, -0.2) is 6.61 Å². The smallest absolute Gasteiger partial charge is 0.123 e. The molecule has 2 aromatic carbocycles. The highest BCUT2D eigenvalue weighted by atomic mass is 16.5. The van der Waals surface area contributed by atoms with E-state index in [9.17, 15) is 0 Å². The van der Waals surface area contributed by atoms with E-state index in [0.717, 1.165) is 31.9 Å². The van der Waals surface area contributed by atoms with Gasteiger partial charge in [0.05, 0.1) is 6.61 Å². The molecule has 2 heteroatoms. The molecule has 1 N–H and O–H groups in total. The predicted octanol–water partition coefficient (Wildman–Crippen LogP) is 4.71. The molecule has 0 aliphatic heterocycles. The lowest BCUT2D eigenvalue weighted by molar-refractivity contribution is 0.286. The topological polar surface area (TPSA) is 21.3 Å². The molecule has 2 aromatic rings. The molecule has 22 heavy (non-hydrogen) atoms. The Morgan fingerprint density at radius 1 is 1.00 bits per heavy atom. The van der Waals surface area contributed by atoms with E-state index in [1.165, 1.54) is 16.7 Å². The van der Waals surface area contributed by atoms with E-state index < -0.39 is 0 Å². The van der Waals surface area contributed by atoms with Gasteiger partial charge in [0.15, 0.2) is 0 Å². The number of hydrogen-bond acceptors (Lipinski definition) is 2. The van der Waals surface area contributed by atoms with Gasteiger partial charge in [-0.3, -0.25) is 0 Å². The molecule has 0 bridgehead atoms. The van der Waals surface area contributed by atoms with Gasteiger partial charge in [-0.1, -0.05) is 61.9 Å². The molecule has 0 fully saturated rings. The SMILES string of the molecule is Cc1cccc(CNCc2ccccc2OCCC(C)C)c1. The molecular weight excluding hydrogens is 270 g/mol. The van der Waals surface area contributed by atoms with E-state index in [0.29, 0.717) is 5.92 Å². The van der Waals surface area contributed by atoms with Crippen molar-refractivity contribution in [3.63, 3.8) is 0 Å². The summed E-state index contributed by atoms with van der Waals surface area (Å²) in [5.74, 6) is 1.67. The van der Waals surface area contributed by atoms with E-state index in [4.69, 9.17) is 4.74 Å². The standard InChI is InChI=1S/C20H27NO/c1-16(2)11-12-22-20-10-5-4-9-19(20)15-21-14-18-8-6-7-17(3)13-18/h4-10,13,16,21H,11-12,14-15H2,1-3H3. The minimum absolute atomic E-state index is 0.673.